The highest BCUT2D eigenvalue weighted by molar-refractivity contribution is 6.13. The van der Waals surface area contributed by atoms with E-state index in [1.807, 2.05) is 25.7 Å². The molecule has 1 aromatic rings. The quantitative estimate of drug-likeness (QED) is 0.779. The maximum atomic E-state index is 12.5. The second-order valence-electron chi connectivity index (χ2n) is 7.76. The van der Waals surface area contributed by atoms with Crippen molar-refractivity contribution in [3.8, 4) is 0 Å². The Labute approximate surface area is 142 Å². The summed E-state index contributed by atoms with van der Waals surface area (Å²) < 4.78 is 5.59. The molecule has 3 radical (unpaired) electrons. The number of benzene rings is 1. The van der Waals surface area contributed by atoms with E-state index in [1.165, 1.54) is 24.0 Å². The molecule has 1 saturated heterocycles. The second kappa shape index (κ2) is 6.31. The zero-order valence-corrected chi connectivity index (χ0v) is 15.3. The van der Waals surface area contributed by atoms with Gasteiger partial charge in [0.1, 0.15) is 5.60 Å². The van der Waals surface area contributed by atoms with Crippen molar-refractivity contribution in [3.05, 3.63) is 35.4 Å². The van der Waals surface area contributed by atoms with Crippen molar-refractivity contribution in [2.24, 2.45) is 0 Å². The highest BCUT2D eigenvalue weighted by Crippen LogP contribution is 2.44. The van der Waals surface area contributed by atoms with Gasteiger partial charge in [-0.1, -0.05) is 24.3 Å². The lowest BCUT2D eigenvalue weighted by Gasteiger charge is -2.32. The van der Waals surface area contributed by atoms with Gasteiger partial charge in [-0.25, -0.2) is 4.79 Å². The van der Waals surface area contributed by atoms with Crippen molar-refractivity contribution in [1.82, 2.24) is 4.90 Å². The van der Waals surface area contributed by atoms with Crippen LogP contribution in [0.4, 0.5) is 4.79 Å². The Morgan fingerprint density at radius 2 is 1.96 bits per heavy atom. The summed E-state index contributed by atoms with van der Waals surface area (Å²) in [5.41, 5.74) is 2.51. The van der Waals surface area contributed by atoms with Gasteiger partial charge in [0, 0.05) is 22.8 Å². The summed E-state index contributed by atoms with van der Waals surface area (Å²) in [5, 5.41) is 0. The minimum absolute atomic E-state index is 0.168. The summed E-state index contributed by atoms with van der Waals surface area (Å²) in [7, 11) is 3.96. The summed E-state index contributed by atoms with van der Waals surface area (Å²) in [5.74, 6) is 0.710. The molecule has 123 valence electrons. The number of rotatable bonds is 3. The lowest BCUT2D eigenvalue weighted by atomic mass is 9.95. The van der Waals surface area contributed by atoms with Crippen molar-refractivity contribution < 1.29 is 9.53 Å². The fourth-order valence-electron chi connectivity index (χ4n) is 3.45. The van der Waals surface area contributed by atoms with E-state index in [0.717, 1.165) is 19.4 Å². The van der Waals surface area contributed by atoms with Crippen LogP contribution >= 0.6 is 0 Å². The van der Waals surface area contributed by atoms with Gasteiger partial charge in [0.15, 0.2) is 0 Å². The molecule has 23 heavy (non-hydrogen) atoms. The minimum Gasteiger partial charge on any atom is -0.444 e. The van der Waals surface area contributed by atoms with Crippen LogP contribution in [0.5, 0.6) is 0 Å². The Morgan fingerprint density at radius 3 is 2.61 bits per heavy atom. The number of carbonyl (C=O) groups excluding carboxylic acids is 1. The molecule has 2 aliphatic rings. The van der Waals surface area contributed by atoms with Crippen molar-refractivity contribution in [2.45, 2.75) is 69.6 Å². The SMILES string of the molecule is CC(C)(C)OC(=O)N1CCCC1[C@H]([Si])c1ccccc1C1CC1. The van der Waals surface area contributed by atoms with E-state index >= 15 is 0 Å². The fraction of sp³-hybridized carbons (Fsp3) is 0.632. The first-order valence-electron chi connectivity index (χ1n) is 8.66. The van der Waals surface area contributed by atoms with Crippen LogP contribution in [0.2, 0.25) is 0 Å². The van der Waals surface area contributed by atoms with Gasteiger partial charge < -0.3 is 9.64 Å². The lowest BCUT2D eigenvalue weighted by molar-refractivity contribution is 0.0222. The van der Waals surface area contributed by atoms with Crippen LogP contribution < -0.4 is 0 Å². The number of ether oxygens (including phenoxy) is 1. The molecule has 1 amide bonds. The van der Waals surface area contributed by atoms with Gasteiger partial charge in [-0.15, -0.1) is 0 Å². The van der Waals surface area contributed by atoms with Crippen LogP contribution in [-0.2, 0) is 4.74 Å². The van der Waals surface area contributed by atoms with Crippen LogP contribution in [0, 0.1) is 0 Å². The third-order valence-electron chi connectivity index (χ3n) is 4.66. The number of carbonyl (C=O) groups is 1. The van der Waals surface area contributed by atoms with Crippen molar-refractivity contribution in [3.63, 3.8) is 0 Å². The highest BCUT2D eigenvalue weighted by atomic mass is 28.1. The molecule has 1 aliphatic heterocycles. The first-order chi connectivity index (χ1) is 10.9. The Morgan fingerprint density at radius 1 is 1.26 bits per heavy atom. The monoisotopic (exact) mass is 328 g/mol. The summed E-state index contributed by atoms with van der Waals surface area (Å²) >= 11 is 0. The molecule has 3 nitrogen and oxygen atoms in total. The van der Waals surface area contributed by atoms with E-state index < -0.39 is 5.60 Å². The molecule has 0 spiro atoms. The number of hydrogen-bond donors (Lipinski definition) is 0. The molecular formula is C19H26NO2Si. The third kappa shape index (κ3) is 3.79. The molecule has 2 atom stereocenters. The predicted molar refractivity (Wildman–Crippen MR) is 92.9 cm³/mol. The smallest absolute Gasteiger partial charge is 0.410 e. The molecule has 4 heteroatoms. The molecule has 0 N–H and O–H groups in total. The summed E-state index contributed by atoms with van der Waals surface area (Å²) in [6.07, 6.45) is 4.45. The number of hydrogen-bond acceptors (Lipinski definition) is 2. The Hall–Kier alpha value is -1.29. The van der Waals surface area contributed by atoms with Gasteiger partial charge >= 0.3 is 6.09 Å². The predicted octanol–water partition coefficient (Wildman–Crippen LogP) is 4.17. The van der Waals surface area contributed by atoms with E-state index in [-0.39, 0.29) is 17.7 Å². The van der Waals surface area contributed by atoms with Gasteiger partial charge in [0.05, 0.1) is 0 Å². The third-order valence-corrected chi connectivity index (χ3v) is 5.36. The molecule has 0 bridgehead atoms. The average molecular weight is 329 g/mol. The highest BCUT2D eigenvalue weighted by Gasteiger charge is 2.37. The molecule has 1 aliphatic carbocycles. The largest absolute Gasteiger partial charge is 0.444 e. The number of amides is 1. The molecule has 1 aromatic carbocycles. The second-order valence-corrected chi connectivity index (χ2v) is 8.39. The summed E-state index contributed by atoms with van der Waals surface area (Å²) in [6.45, 7) is 6.54. The van der Waals surface area contributed by atoms with Crippen LogP contribution in [0.15, 0.2) is 24.3 Å². The van der Waals surface area contributed by atoms with Gasteiger partial charge in [0.2, 0.25) is 0 Å². The Bertz CT molecular complexity index is 577. The van der Waals surface area contributed by atoms with Crippen LogP contribution in [0.3, 0.4) is 0 Å². The standard InChI is InChI=1S/C19H26NO2Si/c1-19(2,3)22-18(21)20-12-6-9-16(20)17(23)15-8-5-4-7-14(15)13-10-11-13/h4-5,7-8,13,16-17H,6,9-12H2,1-3H3/t16?,17-/m1/s1. The van der Waals surface area contributed by atoms with Crippen LogP contribution in [0.25, 0.3) is 0 Å². The topological polar surface area (TPSA) is 29.5 Å². The van der Waals surface area contributed by atoms with Gasteiger partial charge in [-0.2, -0.15) is 0 Å². The van der Waals surface area contributed by atoms with E-state index in [2.05, 4.69) is 34.5 Å². The van der Waals surface area contributed by atoms with Gasteiger partial charge in [-0.3, -0.25) is 0 Å². The van der Waals surface area contributed by atoms with E-state index in [4.69, 9.17) is 4.74 Å². The average Bonchev–Trinajstić information content (AvgIpc) is 3.21. The zero-order valence-electron chi connectivity index (χ0n) is 14.3. The molecule has 1 unspecified atom stereocenters. The summed E-state index contributed by atoms with van der Waals surface area (Å²) in [4.78, 5) is 14.4. The summed E-state index contributed by atoms with van der Waals surface area (Å²) in [6, 6.07) is 8.84. The Balaban J connectivity index is 1.78. The maximum absolute atomic E-state index is 12.5. The van der Waals surface area contributed by atoms with Crippen molar-refractivity contribution in [2.75, 3.05) is 6.54 Å². The number of nitrogens with zero attached hydrogens (tertiary/aromatic N) is 1. The molecule has 3 rings (SSSR count). The fourth-order valence-corrected chi connectivity index (χ4v) is 4.06. The minimum atomic E-state index is -0.447. The molecule has 1 heterocycles. The first-order valence-corrected chi connectivity index (χ1v) is 9.24. The van der Waals surface area contributed by atoms with Crippen molar-refractivity contribution in [1.29, 1.82) is 0 Å². The molecule has 1 saturated carbocycles. The molecular weight excluding hydrogens is 302 g/mol. The Kier molecular flexibility index (Phi) is 4.54. The van der Waals surface area contributed by atoms with Gasteiger partial charge in [0.25, 0.3) is 0 Å². The van der Waals surface area contributed by atoms with Crippen LogP contribution in [0.1, 0.15) is 69.0 Å². The van der Waals surface area contributed by atoms with Gasteiger partial charge in [-0.05, 0) is 69.0 Å². The van der Waals surface area contributed by atoms with E-state index in [9.17, 15) is 4.79 Å². The normalized spacial score (nSPS) is 23.0. The lowest BCUT2D eigenvalue weighted by Crippen LogP contribution is -2.42. The molecule has 0 aromatic heterocycles. The maximum Gasteiger partial charge on any atom is 0.410 e. The number of likely N-dealkylation sites (tertiary alicyclic amines) is 1. The van der Waals surface area contributed by atoms with Crippen molar-refractivity contribution >= 4 is 16.3 Å². The van der Waals surface area contributed by atoms with E-state index in [0.29, 0.717) is 5.92 Å². The van der Waals surface area contributed by atoms with Crippen LogP contribution in [-0.4, -0.2) is 39.4 Å². The zero-order chi connectivity index (χ0) is 16.6. The van der Waals surface area contributed by atoms with E-state index in [1.54, 1.807) is 0 Å². The molecule has 2 fully saturated rings. The first kappa shape index (κ1) is 16.6.